The van der Waals surface area contributed by atoms with Crippen LogP contribution in [0, 0.1) is 0 Å². The summed E-state index contributed by atoms with van der Waals surface area (Å²) in [4.78, 5) is 10.3. The maximum atomic E-state index is 10.3. The number of nitrogens with one attached hydrogen (secondary N) is 1. The smallest absolute Gasteiger partial charge is 0.303 e. The molecule has 0 aromatic heterocycles. The van der Waals surface area contributed by atoms with Crippen molar-refractivity contribution in [3.63, 3.8) is 0 Å². The van der Waals surface area contributed by atoms with E-state index >= 15 is 0 Å². The normalized spacial score (nSPS) is 34.3. The van der Waals surface area contributed by atoms with Crippen molar-refractivity contribution in [3.05, 3.63) is 0 Å². The molecule has 2 unspecified atom stereocenters. The van der Waals surface area contributed by atoms with Gasteiger partial charge in [0.15, 0.2) is 0 Å². The minimum Gasteiger partial charge on any atom is -0.481 e. The molecule has 0 spiro atoms. The lowest BCUT2D eigenvalue weighted by molar-refractivity contribution is -0.137. The van der Waals surface area contributed by atoms with Crippen molar-refractivity contribution in [1.82, 2.24) is 5.32 Å². The first-order valence-corrected chi connectivity index (χ1v) is 6.50. The van der Waals surface area contributed by atoms with Gasteiger partial charge in [0.2, 0.25) is 0 Å². The third kappa shape index (κ3) is 2.86. The Kier molecular flexibility index (Phi) is 3.88. The number of carboxylic acids is 1. The van der Waals surface area contributed by atoms with Gasteiger partial charge in [0, 0.05) is 23.5 Å². The highest BCUT2D eigenvalue weighted by molar-refractivity contribution is 8.00. The summed E-state index contributed by atoms with van der Waals surface area (Å²) in [6.45, 7) is 0.682. The van der Waals surface area contributed by atoms with E-state index in [0.29, 0.717) is 30.5 Å². The summed E-state index contributed by atoms with van der Waals surface area (Å²) in [6, 6.07) is 0.527. The molecule has 2 N–H and O–H groups in total. The Bertz CT molecular complexity index is 237. The Morgan fingerprint density at radius 1 is 1.53 bits per heavy atom. The summed E-state index contributed by atoms with van der Waals surface area (Å²) >= 11 is 1.96. The van der Waals surface area contributed by atoms with Gasteiger partial charge in [0.1, 0.15) is 0 Å². The molecule has 2 fully saturated rings. The topological polar surface area (TPSA) is 58.6 Å². The van der Waals surface area contributed by atoms with E-state index in [2.05, 4.69) is 5.32 Å². The zero-order valence-corrected chi connectivity index (χ0v) is 9.46. The van der Waals surface area contributed by atoms with E-state index in [1.54, 1.807) is 0 Å². The predicted molar refractivity (Wildman–Crippen MR) is 59.0 cm³/mol. The number of ether oxygens (including phenoxy) is 1. The molecule has 2 aliphatic heterocycles. The molecule has 0 amide bonds. The molecular formula is C10H17NO3S. The fraction of sp³-hybridized carbons (Fsp3) is 0.900. The summed E-state index contributed by atoms with van der Waals surface area (Å²) < 4.78 is 5.62. The van der Waals surface area contributed by atoms with Gasteiger partial charge in [0.05, 0.1) is 12.8 Å². The number of carboxylic acid groups (broad SMARTS) is 1. The van der Waals surface area contributed by atoms with Gasteiger partial charge in [-0.15, -0.1) is 0 Å². The SMILES string of the molecule is O=C(O)CCCCC1SCC2NCO[C@@H]21. The number of hydrogen-bond donors (Lipinski definition) is 2. The van der Waals surface area contributed by atoms with Crippen LogP contribution in [0.2, 0.25) is 0 Å². The van der Waals surface area contributed by atoms with Gasteiger partial charge in [-0.1, -0.05) is 6.42 Å². The lowest BCUT2D eigenvalue weighted by Crippen LogP contribution is -2.31. The van der Waals surface area contributed by atoms with Crippen molar-refractivity contribution < 1.29 is 14.6 Å². The second kappa shape index (κ2) is 5.18. The molecule has 5 heteroatoms. The molecule has 2 rings (SSSR count). The van der Waals surface area contributed by atoms with E-state index in [0.717, 1.165) is 25.0 Å². The predicted octanol–water partition coefficient (Wildman–Crippen LogP) is 1.06. The second-order valence-electron chi connectivity index (χ2n) is 4.10. The van der Waals surface area contributed by atoms with E-state index < -0.39 is 5.97 Å². The molecule has 4 nitrogen and oxygen atoms in total. The highest BCUT2D eigenvalue weighted by atomic mass is 32.2. The number of carbonyl (C=O) groups is 1. The van der Waals surface area contributed by atoms with Crippen molar-refractivity contribution in [2.45, 2.75) is 43.1 Å². The molecule has 2 saturated heterocycles. The maximum absolute atomic E-state index is 10.3. The summed E-state index contributed by atoms with van der Waals surface area (Å²) in [5.74, 6) is 0.444. The first-order chi connectivity index (χ1) is 7.27. The van der Waals surface area contributed by atoms with E-state index in [4.69, 9.17) is 9.84 Å². The third-order valence-corrected chi connectivity index (χ3v) is 4.49. The Labute approximate surface area is 93.8 Å². The van der Waals surface area contributed by atoms with Crippen molar-refractivity contribution in [2.24, 2.45) is 0 Å². The van der Waals surface area contributed by atoms with Crippen LogP contribution in [-0.2, 0) is 9.53 Å². The first kappa shape index (κ1) is 11.2. The van der Waals surface area contributed by atoms with Crippen LogP contribution in [0.4, 0.5) is 0 Å². The molecule has 2 aliphatic rings. The fourth-order valence-corrected chi connectivity index (χ4v) is 3.75. The van der Waals surface area contributed by atoms with E-state index in [-0.39, 0.29) is 0 Å². The van der Waals surface area contributed by atoms with Crippen molar-refractivity contribution in [2.75, 3.05) is 12.5 Å². The third-order valence-electron chi connectivity index (χ3n) is 3.00. The Morgan fingerprint density at radius 2 is 2.40 bits per heavy atom. The van der Waals surface area contributed by atoms with Gasteiger partial charge in [-0.25, -0.2) is 0 Å². The van der Waals surface area contributed by atoms with Crippen LogP contribution >= 0.6 is 11.8 Å². The molecule has 2 heterocycles. The Balaban J connectivity index is 1.65. The Morgan fingerprint density at radius 3 is 3.20 bits per heavy atom. The molecule has 3 atom stereocenters. The summed E-state index contributed by atoms with van der Waals surface area (Å²) in [7, 11) is 0. The highest BCUT2D eigenvalue weighted by Crippen LogP contribution is 2.35. The van der Waals surface area contributed by atoms with Crippen LogP contribution in [0.25, 0.3) is 0 Å². The number of aliphatic carboxylic acids is 1. The van der Waals surface area contributed by atoms with Crippen LogP contribution in [-0.4, -0.2) is 41.0 Å². The summed E-state index contributed by atoms with van der Waals surface area (Å²) in [5, 5.41) is 12.4. The zero-order chi connectivity index (χ0) is 10.7. The largest absolute Gasteiger partial charge is 0.481 e. The number of thioether (sulfide) groups is 1. The second-order valence-corrected chi connectivity index (χ2v) is 5.37. The average molecular weight is 231 g/mol. The van der Waals surface area contributed by atoms with Crippen LogP contribution in [0.15, 0.2) is 0 Å². The average Bonchev–Trinajstić information content (AvgIpc) is 2.74. The van der Waals surface area contributed by atoms with Gasteiger partial charge in [0.25, 0.3) is 0 Å². The number of fused-ring (bicyclic) bond motifs is 1. The maximum Gasteiger partial charge on any atom is 0.303 e. The number of unbranched alkanes of at least 4 members (excludes halogenated alkanes) is 1. The molecular weight excluding hydrogens is 214 g/mol. The lowest BCUT2D eigenvalue weighted by atomic mass is 10.0. The molecule has 0 saturated carbocycles. The molecule has 0 bridgehead atoms. The summed E-state index contributed by atoms with van der Waals surface area (Å²) in [5.41, 5.74) is 0. The standard InChI is InChI=1S/C10H17NO3S/c12-9(13)4-2-1-3-8-10-7(5-15-8)11-6-14-10/h7-8,10-11H,1-6H2,(H,12,13)/t7?,8?,10-/m0/s1. The van der Waals surface area contributed by atoms with E-state index in [9.17, 15) is 4.79 Å². The van der Waals surface area contributed by atoms with E-state index in [1.807, 2.05) is 11.8 Å². The van der Waals surface area contributed by atoms with Gasteiger partial charge in [-0.2, -0.15) is 11.8 Å². The van der Waals surface area contributed by atoms with Crippen LogP contribution < -0.4 is 5.32 Å². The van der Waals surface area contributed by atoms with Crippen molar-refractivity contribution in [3.8, 4) is 0 Å². The molecule has 0 aromatic rings. The van der Waals surface area contributed by atoms with Crippen LogP contribution in [0.3, 0.4) is 0 Å². The lowest BCUT2D eigenvalue weighted by Gasteiger charge is -2.15. The summed E-state index contributed by atoms with van der Waals surface area (Å²) in [6.07, 6.45) is 3.53. The van der Waals surface area contributed by atoms with Crippen molar-refractivity contribution in [1.29, 1.82) is 0 Å². The fourth-order valence-electron chi connectivity index (χ4n) is 2.20. The van der Waals surface area contributed by atoms with Crippen molar-refractivity contribution >= 4 is 17.7 Å². The Hall–Kier alpha value is -0.260. The van der Waals surface area contributed by atoms with Gasteiger partial charge >= 0.3 is 5.97 Å². The molecule has 0 aliphatic carbocycles. The van der Waals surface area contributed by atoms with Gasteiger partial charge in [-0.3, -0.25) is 10.1 Å². The van der Waals surface area contributed by atoms with Crippen LogP contribution in [0.5, 0.6) is 0 Å². The minimum atomic E-state index is -0.689. The minimum absolute atomic E-state index is 0.296. The van der Waals surface area contributed by atoms with Gasteiger partial charge in [-0.05, 0) is 12.8 Å². The molecule has 15 heavy (non-hydrogen) atoms. The zero-order valence-electron chi connectivity index (χ0n) is 8.65. The monoisotopic (exact) mass is 231 g/mol. The number of hydrogen-bond acceptors (Lipinski definition) is 4. The molecule has 86 valence electrons. The molecule has 0 aromatic carbocycles. The first-order valence-electron chi connectivity index (χ1n) is 5.46. The van der Waals surface area contributed by atoms with E-state index in [1.165, 1.54) is 0 Å². The molecule has 0 radical (unpaired) electrons. The quantitative estimate of drug-likeness (QED) is 0.693. The van der Waals surface area contributed by atoms with Crippen LogP contribution in [0.1, 0.15) is 25.7 Å². The van der Waals surface area contributed by atoms with Gasteiger partial charge < -0.3 is 9.84 Å². The highest BCUT2D eigenvalue weighted by Gasteiger charge is 2.40. The number of rotatable bonds is 5.